The van der Waals surface area contributed by atoms with E-state index >= 15 is 0 Å². The predicted octanol–water partition coefficient (Wildman–Crippen LogP) is 5.81. The molecule has 2 atom stereocenters. The van der Waals surface area contributed by atoms with E-state index in [1.165, 1.54) is 0 Å². The number of esters is 2. The van der Waals surface area contributed by atoms with Gasteiger partial charge in [0.2, 0.25) is 0 Å². The highest BCUT2D eigenvalue weighted by atomic mass is 79.9. The summed E-state index contributed by atoms with van der Waals surface area (Å²) in [5.74, 6) is -2.22. The van der Waals surface area contributed by atoms with E-state index in [-0.39, 0.29) is 24.8 Å². The monoisotopic (exact) mass is 592 g/mol. The van der Waals surface area contributed by atoms with E-state index < -0.39 is 28.7 Å². The molecule has 8 heteroatoms. The topological polar surface area (TPSA) is 86.7 Å². The van der Waals surface area contributed by atoms with Gasteiger partial charge in [-0.3, -0.25) is 19.2 Å². The summed E-state index contributed by atoms with van der Waals surface area (Å²) < 4.78 is 12.4. The number of benzene rings is 2. The fraction of sp³-hybridized carbons (Fsp3) is 0.385. The fourth-order valence-corrected chi connectivity index (χ4v) is 4.77. The van der Waals surface area contributed by atoms with Crippen molar-refractivity contribution in [3.8, 4) is 0 Å². The molecule has 6 nitrogen and oxygen atoms in total. The number of ketones is 2. The van der Waals surface area contributed by atoms with Crippen LogP contribution in [-0.2, 0) is 19.1 Å². The Morgan fingerprint density at radius 1 is 0.794 bits per heavy atom. The average molecular weight is 594 g/mol. The number of ether oxygens (including phenoxy) is 2. The van der Waals surface area contributed by atoms with Crippen LogP contribution in [0.3, 0.4) is 0 Å². The SMILES string of the molecule is CC1(C)[C@@H](C(=O)OCC(=O)c2ccc(Br)cc2)CC[C@]1(C)C(=O)OCC(=O)c1ccc(Br)cc1. The molecular formula is C26H26Br2O6. The molecule has 0 heterocycles. The predicted molar refractivity (Wildman–Crippen MR) is 133 cm³/mol. The second kappa shape index (κ2) is 10.5. The number of Topliss-reactive ketones (excluding diaryl/α,β-unsaturated/α-hetero) is 2. The van der Waals surface area contributed by atoms with Crippen molar-refractivity contribution < 1.29 is 28.7 Å². The van der Waals surface area contributed by atoms with Crippen molar-refractivity contribution in [2.45, 2.75) is 33.6 Å². The molecule has 1 aliphatic rings. The van der Waals surface area contributed by atoms with Crippen LogP contribution in [0.25, 0.3) is 0 Å². The zero-order valence-electron chi connectivity index (χ0n) is 19.2. The highest BCUT2D eigenvalue weighted by molar-refractivity contribution is 9.10. The molecule has 2 aromatic rings. The van der Waals surface area contributed by atoms with E-state index in [2.05, 4.69) is 31.9 Å². The lowest BCUT2D eigenvalue weighted by atomic mass is 9.65. The second-order valence-electron chi connectivity index (χ2n) is 9.19. The van der Waals surface area contributed by atoms with Gasteiger partial charge in [0.25, 0.3) is 0 Å². The molecule has 1 saturated carbocycles. The van der Waals surface area contributed by atoms with E-state index in [0.29, 0.717) is 24.0 Å². The van der Waals surface area contributed by atoms with Crippen LogP contribution in [0.4, 0.5) is 0 Å². The van der Waals surface area contributed by atoms with Gasteiger partial charge >= 0.3 is 11.9 Å². The van der Waals surface area contributed by atoms with Crippen LogP contribution in [0.5, 0.6) is 0 Å². The second-order valence-corrected chi connectivity index (χ2v) is 11.0. The van der Waals surface area contributed by atoms with Gasteiger partial charge in [-0.1, -0.05) is 70.0 Å². The molecule has 0 unspecified atom stereocenters. The Morgan fingerprint density at radius 2 is 1.24 bits per heavy atom. The zero-order chi connectivity index (χ0) is 25.1. The summed E-state index contributed by atoms with van der Waals surface area (Å²) in [5, 5.41) is 0. The van der Waals surface area contributed by atoms with Crippen LogP contribution in [0.1, 0.15) is 54.3 Å². The minimum atomic E-state index is -0.980. The first-order valence-electron chi connectivity index (χ1n) is 10.9. The fourth-order valence-electron chi connectivity index (χ4n) is 4.24. The van der Waals surface area contributed by atoms with Gasteiger partial charge in [-0.2, -0.15) is 0 Å². The minimum absolute atomic E-state index is 0.301. The molecule has 34 heavy (non-hydrogen) atoms. The summed E-state index contributed by atoms with van der Waals surface area (Å²) in [4.78, 5) is 50.6. The van der Waals surface area contributed by atoms with Gasteiger partial charge in [-0.25, -0.2) is 0 Å². The molecule has 180 valence electrons. The van der Waals surface area contributed by atoms with Crippen LogP contribution in [0.15, 0.2) is 57.5 Å². The smallest absolute Gasteiger partial charge is 0.312 e. The Hall–Kier alpha value is -2.32. The van der Waals surface area contributed by atoms with E-state index in [4.69, 9.17) is 9.47 Å². The van der Waals surface area contributed by atoms with Crippen molar-refractivity contribution in [2.75, 3.05) is 13.2 Å². The Labute approximate surface area is 215 Å². The molecule has 0 radical (unpaired) electrons. The molecule has 0 aliphatic heterocycles. The van der Waals surface area contributed by atoms with Crippen molar-refractivity contribution in [1.29, 1.82) is 0 Å². The number of hydrogen-bond donors (Lipinski definition) is 0. The van der Waals surface area contributed by atoms with Crippen LogP contribution >= 0.6 is 31.9 Å². The third-order valence-electron chi connectivity index (χ3n) is 6.97. The minimum Gasteiger partial charge on any atom is -0.457 e. The lowest BCUT2D eigenvalue weighted by molar-refractivity contribution is -0.164. The summed E-state index contributed by atoms with van der Waals surface area (Å²) in [6, 6.07) is 13.6. The quantitative estimate of drug-likeness (QED) is 0.284. The molecule has 3 rings (SSSR count). The van der Waals surface area contributed by atoms with Crippen molar-refractivity contribution in [2.24, 2.45) is 16.7 Å². The van der Waals surface area contributed by atoms with Crippen LogP contribution < -0.4 is 0 Å². The van der Waals surface area contributed by atoms with Gasteiger partial charge in [0.05, 0.1) is 11.3 Å². The van der Waals surface area contributed by atoms with Crippen molar-refractivity contribution in [3.63, 3.8) is 0 Å². The van der Waals surface area contributed by atoms with Gasteiger partial charge in [0, 0.05) is 20.1 Å². The highest BCUT2D eigenvalue weighted by Gasteiger charge is 2.59. The summed E-state index contributed by atoms with van der Waals surface area (Å²) in [7, 11) is 0. The molecule has 0 spiro atoms. The number of rotatable bonds is 8. The van der Waals surface area contributed by atoms with Gasteiger partial charge in [0.15, 0.2) is 24.8 Å². The first kappa shape index (κ1) is 26.3. The van der Waals surface area contributed by atoms with E-state index in [9.17, 15) is 19.2 Å². The van der Waals surface area contributed by atoms with E-state index in [1.54, 1.807) is 55.5 Å². The lowest BCUT2D eigenvalue weighted by Crippen LogP contribution is -2.44. The first-order chi connectivity index (χ1) is 16.0. The van der Waals surface area contributed by atoms with Gasteiger partial charge in [-0.15, -0.1) is 0 Å². The van der Waals surface area contributed by atoms with Crippen molar-refractivity contribution >= 4 is 55.4 Å². The number of carbonyl (C=O) groups is 4. The third kappa shape index (κ3) is 5.49. The van der Waals surface area contributed by atoms with Crippen molar-refractivity contribution in [1.82, 2.24) is 0 Å². The van der Waals surface area contributed by atoms with Gasteiger partial charge in [0.1, 0.15) is 0 Å². The van der Waals surface area contributed by atoms with E-state index in [1.807, 2.05) is 13.8 Å². The number of hydrogen-bond acceptors (Lipinski definition) is 6. The molecule has 1 fully saturated rings. The number of carbonyl (C=O) groups excluding carboxylic acids is 4. The lowest BCUT2D eigenvalue weighted by Gasteiger charge is -2.38. The van der Waals surface area contributed by atoms with Crippen LogP contribution in [0.2, 0.25) is 0 Å². The van der Waals surface area contributed by atoms with Crippen LogP contribution in [-0.4, -0.2) is 36.7 Å². The molecule has 0 saturated heterocycles. The average Bonchev–Trinajstić information content (AvgIpc) is 3.06. The van der Waals surface area contributed by atoms with Crippen molar-refractivity contribution in [3.05, 3.63) is 68.6 Å². The molecular weight excluding hydrogens is 568 g/mol. The Balaban J connectivity index is 1.59. The maximum absolute atomic E-state index is 13.0. The highest BCUT2D eigenvalue weighted by Crippen LogP contribution is 2.56. The van der Waals surface area contributed by atoms with Crippen LogP contribution in [0, 0.1) is 16.7 Å². The Kier molecular flexibility index (Phi) is 8.14. The Morgan fingerprint density at radius 3 is 1.71 bits per heavy atom. The Bertz CT molecular complexity index is 1090. The summed E-state index contributed by atoms with van der Waals surface area (Å²) in [5.41, 5.74) is -0.871. The maximum Gasteiger partial charge on any atom is 0.312 e. The largest absolute Gasteiger partial charge is 0.457 e. The first-order valence-corrected chi connectivity index (χ1v) is 12.5. The summed E-state index contributed by atoms with van der Waals surface area (Å²) in [6.07, 6.45) is 0.830. The molecule has 0 aromatic heterocycles. The molecule has 1 aliphatic carbocycles. The summed E-state index contributed by atoms with van der Waals surface area (Å²) >= 11 is 6.63. The zero-order valence-corrected chi connectivity index (χ0v) is 22.4. The molecule has 2 aromatic carbocycles. The molecule has 0 amide bonds. The third-order valence-corrected chi connectivity index (χ3v) is 8.03. The van der Waals surface area contributed by atoms with E-state index in [0.717, 1.165) is 8.95 Å². The molecule has 0 bridgehead atoms. The normalized spacial score (nSPS) is 21.0. The molecule has 0 N–H and O–H groups in total. The maximum atomic E-state index is 13.0. The number of halogens is 2. The van der Waals surface area contributed by atoms with Gasteiger partial charge in [-0.05, 0) is 49.4 Å². The standard InChI is InChI=1S/C26H26Br2O6/c1-25(2)20(23(31)33-14-21(29)16-4-8-18(27)9-5-16)12-13-26(25,3)24(32)34-15-22(30)17-6-10-19(28)11-7-17/h4-11,20H,12-15H2,1-3H3/t20-,26-/m1/s1. The summed E-state index contributed by atoms with van der Waals surface area (Å²) in [6.45, 7) is 4.65. The van der Waals surface area contributed by atoms with Gasteiger partial charge < -0.3 is 9.47 Å².